The van der Waals surface area contributed by atoms with Crippen molar-refractivity contribution in [1.29, 1.82) is 0 Å². The second kappa shape index (κ2) is 6.24. The molecule has 0 amide bonds. The maximum atomic E-state index is 4.79. The van der Waals surface area contributed by atoms with Crippen LogP contribution in [0.4, 0.5) is 5.82 Å². The van der Waals surface area contributed by atoms with Gasteiger partial charge in [0.25, 0.3) is 0 Å². The third kappa shape index (κ3) is 2.76. The van der Waals surface area contributed by atoms with Crippen LogP contribution in [0.2, 0.25) is 0 Å². The number of piperazine rings is 1. The molecule has 1 aromatic carbocycles. The van der Waals surface area contributed by atoms with Crippen molar-refractivity contribution in [3.05, 3.63) is 54.0 Å². The Morgan fingerprint density at radius 1 is 1.00 bits per heavy atom. The molecule has 1 aliphatic heterocycles. The Morgan fingerprint density at radius 2 is 1.79 bits per heavy atom. The van der Waals surface area contributed by atoms with Crippen LogP contribution in [-0.2, 0) is 13.6 Å². The molecule has 0 bridgehead atoms. The van der Waals surface area contributed by atoms with E-state index >= 15 is 0 Å². The molecular formula is C19H23N5. The third-order valence-corrected chi connectivity index (χ3v) is 4.90. The molecule has 0 unspecified atom stereocenters. The van der Waals surface area contributed by atoms with Gasteiger partial charge in [-0.2, -0.15) is 0 Å². The fraction of sp³-hybridized carbons (Fsp3) is 0.368. The van der Waals surface area contributed by atoms with E-state index in [4.69, 9.17) is 4.98 Å². The largest absolute Gasteiger partial charge is 0.354 e. The average Bonchev–Trinajstić information content (AvgIpc) is 2.93. The minimum atomic E-state index is 0.903. The van der Waals surface area contributed by atoms with Crippen molar-refractivity contribution in [3.8, 4) is 0 Å². The van der Waals surface area contributed by atoms with Gasteiger partial charge >= 0.3 is 0 Å². The van der Waals surface area contributed by atoms with E-state index in [0.29, 0.717) is 0 Å². The lowest BCUT2D eigenvalue weighted by molar-refractivity contribution is 0.241. The number of nitrogens with zero attached hydrogens (tertiary/aromatic N) is 5. The first-order valence-corrected chi connectivity index (χ1v) is 8.51. The highest BCUT2D eigenvalue weighted by Crippen LogP contribution is 2.20. The highest BCUT2D eigenvalue weighted by atomic mass is 15.3. The van der Waals surface area contributed by atoms with Crippen LogP contribution in [0.15, 0.2) is 42.6 Å². The number of fused-ring (bicyclic) bond motifs is 1. The van der Waals surface area contributed by atoms with E-state index in [-0.39, 0.29) is 0 Å². The minimum Gasteiger partial charge on any atom is -0.354 e. The zero-order valence-corrected chi connectivity index (χ0v) is 14.3. The Balaban J connectivity index is 1.44. The van der Waals surface area contributed by atoms with Crippen LogP contribution >= 0.6 is 0 Å². The maximum Gasteiger partial charge on any atom is 0.131 e. The Hall–Kier alpha value is -2.40. The van der Waals surface area contributed by atoms with E-state index in [0.717, 1.165) is 49.9 Å². The first-order valence-electron chi connectivity index (χ1n) is 8.51. The van der Waals surface area contributed by atoms with Gasteiger partial charge < -0.3 is 9.47 Å². The number of hydrogen-bond donors (Lipinski definition) is 0. The SMILES string of the molecule is Cc1cccnc1N1CCN(Cc2nc3ccccc3n2C)CC1. The van der Waals surface area contributed by atoms with Gasteiger partial charge in [-0.25, -0.2) is 9.97 Å². The maximum absolute atomic E-state index is 4.79. The molecule has 0 aliphatic carbocycles. The van der Waals surface area contributed by atoms with E-state index in [1.54, 1.807) is 0 Å². The van der Waals surface area contributed by atoms with Crippen LogP contribution in [0.5, 0.6) is 0 Å². The number of benzene rings is 1. The van der Waals surface area contributed by atoms with Crippen LogP contribution in [0.1, 0.15) is 11.4 Å². The molecular weight excluding hydrogens is 298 g/mol. The Labute approximate surface area is 142 Å². The number of rotatable bonds is 3. The first kappa shape index (κ1) is 15.1. The van der Waals surface area contributed by atoms with Crippen LogP contribution in [0, 0.1) is 6.92 Å². The molecule has 0 spiro atoms. The van der Waals surface area contributed by atoms with Gasteiger partial charge in [-0.15, -0.1) is 0 Å². The van der Waals surface area contributed by atoms with Gasteiger partial charge in [0, 0.05) is 39.4 Å². The van der Waals surface area contributed by atoms with Crippen LogP contribution in [-0.4, -0.2) is 45.6 Å². The van der Waals surface area contributed by atoms with Gasteiger partial charge in [0.1, 0.15) is 11.6 Å². The number of anilines is 1. The van der Waals surface area contributed by atoms with Gasteiger partial charge in [0.05, 0.1) is 17.6 Å². The second-order valence-corrected chi connectivity index (χ2v) is 6.48. The van der Waals surface area contributed by atoms with Crippen molar-refractivity contribution in [2.75, 3.05) is 31.1 Å². The van der Waals surface area contributed by atoms with Crippen molar-refractivity contribution in [1.82, 2.24) is 19.4 Å². The summed E-state index contributed by atoms with van der Waals surface area (Å²) in [5.74, 6) is 2.26. The van der Waals surface area contributed by atoms with Crippen molar-refractivity contribution < 1.29 is 0 Å². The van der Waals surface area contributed by atoms with Gasteiger partial charge in [-0.05, 0) is 30.7 Å². The molecule has 1 aliphatic rings. The molecule has 3 heterocycles. The van der Waals surface area contributed by atoms with Crippen LogP contribution in [0.3, 0.4) is 0 Å². The summed E-state index contributed by atoms with van der Waals surface area (Å²) in [4.78, 5) is 14.2. The molecule has 3 aromatic rings. The summed E-state index contributed by atoms with van der Waals surface area (Å²) >= 11 is 0. The smallest absolute Gasteiger partial charge is 0.131 e. The Bertz CT molecular complexity index is 846. The highest BCUT2D eigenvalue weighted by molar-refractivity contribution is 5.75. The monoisotopic (exact) mass is 321 g/mol. The molecule has 0 radical (unpaired) electrons. The molecule has 124 valence electrons. The van der Waals surface area contributed by atoms with Gasteiger partial charge in [0.15, 0.2) is 0 Å². The van der Waals surface area contributed by atoms with E-state index in [2.05, 4.69) is 57.6 Å². The molecule has 0 atom stereocenters. The van der Waals surface area contributed by atoms with Gasteiger partial charge in [-0.1, -0.05) is 18.2 Å². The molecule has 1 saturated heterocycles. The molecule has 4 rings (SSSR count). The van der Waals surface area contributed by atoms with Crippen molar-refractivity contribution in [3.63, 3.8) is 0 Å². The first-order chi connectivity index (χ1) is 11.7. The van der Waals surface area contributed by atoms with Gasteiger partial charge in [-0.3, -0.25) is 4.90 Å². The molecule has 2 aromatic heterocycles. The number of para-hydroxylation sites is 2. The number of imidazole rings is 1. The third-order valence-electron chi connectivity index (χ3n) is 4.90. The number of pyridine rings is 1. The number of hydrogen-bond acceptors (Lipinski definition) is 4. The summed E-state index contributed by atoms with van der Waals surface area (Å²) in [5, 5.41) is 0. The van der Waals surface area contributed by atoms with E-state index in [9.17, 15) is 0 Å². The van der Waals surface area contributed by atoms with Crippen LogP contribution in [0.25, 0.3) is 11.0 Å². The zero-order chi connectivity index (χ0) is 16.5. The zero-order valence-electron chi connectivity index (χ0n) is 14.3. The van der Waals surface area contributed by atoms with E-state index in [1.807, 2.05) is 18.3 Å². The molecule has 24 heavy (non-hydrogen) atoms. The molecule has 5 nitrogen and oxygen atoms in total. The van der Waals surface area contributed by atoms with Crippen LogP contribution < -0.4 is 4.90 Å². The summed E-state index contributed by atoms with van der Waals surface area (Å²) in [6.45, 7) is 7.15. The molecule has 0 N–H and O–H groups in total. The van der Waals surface area contributed by atoms with E-state index < -0.39 is 0 Å². The predicted octanol–water partition coefficient (Wildman–Crippen LogP) is 2.60. The fourth-order valence-electron chi connectivity index (χ4n) is 3.46. The number of aromatic nitrogens is 3. The summed E-state index contributed by atoms with van der Waals surface area (Å²) in [7, 11) is 2.11. The van der Waals surface area contributed by atoms with Crippen molar-refractivity contribution in [2.45, 2.75) is 13.5 Å². The summed E-state index contributed by atoms with van der Waals surface area (Å²) in [6.07, 6.45) is 1.88. The molecule has 5 heteroatoms. The fourth-order valence-corrected chi connectivity index (χ4v) is 3.46. The Morgan fingerprint density at radius 3 is 2.54 bits per heavy atom. The quantitative estimate of drug-likeness (QED) is 0.743. The topological polar surface area (TPSA) is 37.2 Å². The standard InChI is InChI=1S/C19H23N5/c1-15-6-5-9-20-19(15)24-12-10-23(11-13-24)14-18-21-16-7-3-4-8-17(16)22(18)2/h3-9H,10-14H2,1-2H3. The van der Waals surface area contributed by atoms with Gasteiger partial charge in [0.2, 0.25) is 0 Å². The molecule has 0 saturated carbocycles. The average molecular weight is 321 g/mol. The van der Waals surface area contributed by atoms with Crippen molar-refractivity contribution >= 4 is 16.9 Å². The van der Waals surface area contributed by atoms with Crippen molar-refractivity contribution in [2.24, 2.45) is 7.05 Å². The summed E-state index contributed by atoms with van der Waals surface area (Å²) < 4.78 is 2.21. The minimum absolute atomic E-state index is 0.903. The second-order valence-electron chi connectivity index (χ2n) is 6.48. The summed E-state index contributed by atoms with van der Waals surface area (Å²) in [6, 6.07) is 12.5. The number of aryl methyl sites for hydroxylation is 2. The summed E-state index contributed by atoms with van der Waals surface area (Å²) in [5.41, 5.74) is 3.54. The normalized spacial score (nSPS) is 16.0. The lowest BCUT2D eigenvalue weighted by Gasteiger charge is -2.35. The lowest BCUT2D eigenvalue weighted by atomic mass is 10.2. The lowest BCUT2D eigenvalue weighted by Crippen LogP contribution is -2.46. The van der Waals surface area contributed by atoms with E-state index in [1.165, 1.54) is 11.1 Å². The molecule has 1 fully saturated rings. The Kier molecular flexibility index (Phi) is 3.94. The highest BCUT2D eigenvalue weighted by Gasteiger charge is 2.20. The predicted molar refractivity (Wildman–Crippen MR) is 97.2 cm³/mol.